The Kier molecular flexibility index (Phi) is 6.22. The molecule has 0 aliphatic carbocycles. The van der Waals surface area contributed by atoms with Gasteiger partial charge in [-0.1, -0.05) is 30.0 Å². The Morgan fingerprint density at radius 3 is 2.83 bits per heavy atom. The molecule has 1 N–H and O–H groups in total. The molecule has 0 radical (unpaired) electrons. The van der Waals surface area contributed by atoms with Gasteiger partial charge in [-0.25, -0.2) is 4.68 Å². The molecule has 0 aliphatic heterocycles. The molecular weight excluding hydrogens is 342 g/mol. The maximum absolute atomic E-state index is 5.77. The SMILES string of the molecule is Cn1nnnc1SCCNCc1ccc(OCc2cccs2)cc1. The largest absolute Gasteiger partial charge is 0.488 e. The van der Waals surface area contributed by atoms with E-state index < -0.39 is 0 Å². The maximum Gasteiger partial charge on any atom is 0.209 e. The average Bonchev–Trinajstić information content (AvgIpc) is 3.26. The Labute approximate surface area is 149 Å². The first-order valence-corrected chi connectivity index (χ1v) is 9.48. The zero-order valence-electron chi connectivity index (χ0n) is 13.4. The van der Waals surface area contributed by atoms with Crippen LogP contribution in [-0.4, -0.2) is 32.5 Å². The summed E-state index contributed by atoms with van der Waals surface area (Å²) in [6.07, 6.45) is 0. The molecule has 0 saturated carbocycles. The number of rotatable bonds is 9. The van der Waals surface area contributed by atoms with Gasteiger partial charge in [0.25, 0.3) is 0 Å². The zero-order chi connectivity index (χ0) is 16.6. The number of aromatic nitrogens is 4. The normalized spacial score (nSPS) is 10.9. The highest BCUT2D eigenvalue weighted by molar-refractivity contribution is 7.99. The summed E-state index contributed by atoms with van der Waals surface area (Å²) in [5.41, 5.74) is 1.24. The third kappa shape index (κ3) is 5.05. The molecule has 2 heterocycles. The van der Waals surface area contributed by atoms with Crippen molar-refractivity contribution in [2.45, 2.75) is 18.3 Å². The first-order valence-electron chi connectivity index (χ1n) is 7.61. The van der Waals surface area contributed by atoms with E-state index in [9.17, 15) is 0 Å². The van der Waals surface area contributed by atoms with Gasteiger partial charge in [-0.05, 0) is 39.6 Å². The smallest absolute Gasteiger partial charge is 0.209 e. The number of aryl methyl sites for hydroxylation is 1. The topological polar surface area (TPSA) is 64.9 Å². The molecule has 0 saturated heterocycles. The van der Waals surface area contributed by atoms with Crippen molar-refractivity contribution >= 4 is 23.1 Å². The van der Waals surface area contributed by atoms with E-state index in [1.165, 1.54) is 10.4 Å². The fourth-order valence-corrected chi connectivity index (χ4v) is 3.41. The van der Waals surface area contributed by atoms with Crippen molar-refractivity contribution < 1.29 is 4.74 Å². The van der Waals surface area contributed by atoms with E-state index in [-0.39, 0.29) is 0 Å². The van der Waals surface area contributed by atoms with E-state index in [2.05, 4.69) is 44.4 Å². The van der Waals surface area contributed by atoms with Crippen molar-refractivity contribution in [3.63, 3.8) is 0 Å². The van der Waals surface area contributed by atoms with Gasteiger partial charge in [0.1, 0.15) is 12.4 Å². The highest BCUT2D eigenvalue weighted by Gasteiger charge is 2.02. The first kappa shape index (κ1) is 16.9. The molecular formula is C16H19N5OS2. The fraction of sp³-hybridized carbons (Fsp3) is 0.312. The minimum Gasteiger partial charge on any atom is -0.488 e. The van der Waals surface area contributed by atoms with Crippen LogP contribution in [0.15, 0.2) is 46.9 Å². The van der Waals surface area contributed by atoms with Crippen molar-refractivity contribution in [2.75, 3.05) is 12.3 Å². The number of thioether (sulfide) groups is 1. The van der Waals surface area contributed by atoms with E-state index in [0.717, 1.165) is 29.7 Å². The van der Waals surface area contributed by atoms with Gasteiger partial charge < -0.3 is 10.1 Å². The van der Waals surface area contributed by atoms with E-state index in [1.807, 2.05) is 25.2 Å². The molecule has 0 unspecified atom stereocenters. The van der Waals surface area contributed by atoms with E-state index in [0.29, 0.717) is 6.61 Å². The van der Waals surface area contributed by atoms with Gasteiger partial charge in [0.2, 0.25) is 5.16 Å². The van der Waals surface area contributed by atoms with Gasteiger partial charge >= 0.3 is 0 Å². The Morgan fingerprint density at radius 1 is 1.25 bits per heavy atom. The van der Waals surface area contributed by atoms with Crippen LogP contribution in [0, 0.1) is 0 Å². The monoisotopic (exact) mass is 361 g/mol. The summed E-state index contributed by atoms with van der Waals surface area (Å²) in [6.45, 7) is 2.36. The van der Waals surface area contributed by atoms with E-state index >= 15 is 0 Å². The molecule has 0 atom stereocenters. The molecule has 126 valence electrons. The van der Waals surface area contributed by atoms with Crippen LogP contribution in [0.5, 0.6) is 5.75 Å². The molecule has 3 rings (SSSR count). The van der Waals surface area contributed by atoms with Crippen LogP contribution in [0.4, 0.5) is 0 Å². The van der Waals surface area contributed by atoms with E-state index in [1.54, 1.807) is 27.8 Å². The predicted molar refractivity (Wildman–Crippen MR) is 96.3 cm³/mol. The number of benzene rings is 1. The molecule has 24 heavy (non-hydrogen) atoms. The van der Waals surface area contributed by atoms with Crippen LogP contribution < -0.4 is 10.1 Å². The lowest BCUT2D eigenvalue weighted by Gasteiger charge is -2.07. The standard InChI is InChI=1S/C16H19N5OS2/c1-21-16(18-19-20-21)24-10-8-17-11-13-4-6-14(7-5-13)22-12-15-3-2-9-23-15/h2-7,9,17H,8,10-12H2,1H3. The second kappa shape index (κ2) is 8.81. The summed E-state index contributed by atoms with van der Waals surface area (Å²) < 4.78 is 7.45. The number of hydrogen-bond acceptors (Lipinski definition) is 7. The minimum atomic E-state index is 0.628. The molecule has 0 fully saturated rings. The third-order valence-corrected chi connectivity index (χ3v) is 5.17. The van der Waals surface area contributed by atoms with Crippen molar-refractivity contribution in [1.82, 2.24) is 25.5 Å². The Balaban J connectivity index is 1.34. The Morgan fingerprint density at radius 2 is 2.12 bits per heavy atom. The second-order valence-electron chi connectivity index (χ2n) is 5.12. The zero-order valence-corrected chi connectivity index (χ0v) is 15.0. The first-order chi connectivity index (χ1) is 11.8. The number of nitrogens with zero attached hydrogens (tertiary/aromatic N) is 4. The number of tetrazole rings is 1. The number of ether oxygens (including phenoxy) is 1. The maximum atomic E-state index is 5.77. The summed E-state index contributed by atoms with van der Waals surface area (Å²) in [4.78, 5) is 1.23. The lowest BCUT2D eigenvalue weighted by Crippen LogP contribution is -2.16. The summed E-state index contributed by atoms with van der Waals surface area (Å²) >= 11 is 3.35. The van der Waals surface area contributed by atoms with Gasteiger partial charge in [-0.3, -0.25) is 0 Å². The molecule has 0 spiro atoms. The van der Waals surface area contributed by atoms with Crippen LogP contribution in [0.25, 0.3) is 0 Å². The molecule has 1 aromatic carbocycles. The van der Waals surface area contributed by atoms with Crippen molar-refractivity contribution in [3.05, 3.63) is 52.2 Å². The predicted octanol–water partition coefficient (Wildman–Crippen LogP) is 2.73. The van der Waals surface area contributed by atoms with Crippen LogP contribution in [0.3, 0.4) is 0 Å². The van der Waals surface area contributed by atoms with Crippen LogP contribution in [0.2, 0.25) is 0 Å². The molecule has 6 nitrogen and oxygen atoms in total. The highest BCUT2D eigenvalue weighted by atomic mass is 32.2. The summed E-state index contributed by atoms with van der Waals surface area (Å²) in [5.74, 6) is 1.83. The highest BCUT2D eigenvalue weighted by Crippen LogP contribution is 2.16. The van der Waals surface area contributed by atoms with Crippen LogP contribution >= 0.6 is 23.1 Å². The fourth-order valence-electron chi connectivity index (χ4n) is 2.04. The Bertz CT molecular complexity index is 727. The molecule has 0 bridgehead atoms. The van der Waals surface area contributed by atoms with Gasteiger partial charge in [0.15, 0.2) is 0 Å². The van der Waals surface area contributed by atoms with Gasteiger partial charge in [-0.2, -0.15) is 0 Å². The van der Waals surface area contributed by atoms with E-state index in [4.69, 9.17) is 4.74 Å². The van der Waals surface area contributed by atoms with Gasteiger partial charge in [0, 0.05) is 30.8 Å². The number of hydrogen-bond donors (Lipinski definition) is 1. The molecule has 8 heteroatoms. The number of thiophene rings is 1. The van der Waals surface area contributed by atoms with Crippen LogP contribution in [-0.2, 0) is 20.2 Å². The quantitative estimate of drug-likeness (QED) is 0.467. The lowest BCUT2D eigenvalue weighted by atomic mass is 10.2. The van der Waals surface area contributed by atoms with Crippen molar-refractivity contribution in [2.24, 2.45) is 7.05 Å². The molecule has 2 aromatic heterocycles. The van der Waals surface area contributed by atoms with Crippen molar-refractivity contribution in [1.29, 1.82) is 0 Å². The molecule has 0 aliphatic rings. The summed E-state index contributed by atoms with van der Waals surface area (Å²) in [5, 5.41) is 17.7. The summed E-state index contributed by atoms with van der Waals surface area (Å²) in [7, 11) is 1.85. The average molecular weight is 361 g/mol. The molecule has 3 aromatic rings. The van der Waals surface area contributed by atoms with Gasteiger partial charge in [0.05, 0.1) is 0 Å². The molecule has 0 amide bonds. The lowest BCUT2D eigenvalue weighted by molar-refractivity contribution is 0.309. The Hall–Kier alpha value is -1.90. The van der Waals surface area contributed by atoms with Crippen LogP contribution in [0.1, 0.15) is 10.4 Å². The van der Waals surface area contributed by atoms with Gasteiger partial charge in [-0.15, -0.1) is 16.4 Å². The van der Waals surface area contributed by atoms with Crippen molar-refractivity contribution in [3.8, 4) is 5.75 Å². The third-order valence-electron chi connectivity index (χ3n) is 3.30. The summed E-state index contributed by atoms with van der Waals surface area (Å²) in [6, 6.07) is 12.3. The minimum absolute atomic E-state index is 0.628. The second-order valence-corrected chi connectivity index (χ2v) is 7.22. The number of nitrogens with one attached hydrogen (secondary N) is 1.